The number of fused-ring (bicyclic) bond motifs is 1. The van der Waals surface area contributed by atoms with Crippen LogP contribution < -0.4 is 10.6 Å². The first kappa shape index (κ1) is 16.8. The predicted octanol–water partition coefficient (Wildman–Crippen LogP) is 1.81. The molecule has 1 aromatic rings. The molecule has 0 atom stereocenters. The van der Waals surface area contributed by atoms with E-state index in [1.54, 1.807) is 11.9 Å². The van der Waals surface area contributed by atoms with E-state index < -0.39 is 0 Å². The number of rotatable bonds is 5. The van der Waals surface area contributed by atoms with Crippen LogP contribution in [0.5, 0.6) is 0 Å². The molecule has 7 nitrogen and oxygen atoms in total. The molecule has 132 valence electrons. The van der Waals surface area contributed by atoms with Crippen molar-refractivity contribution in [1.82, 2.24) is 25.7 Å². The van der Waals surface area contributed by atoms with Gasteiger partial charge in [0.25, 0.3) is 5.91 Å². The Labute approximate surface area is 142 Å². The normalized spacial score (nSPS) is 17.6. The van der Waals surface area contributed by atoms with Crippen molar-refractivity contribution < 1.29 is 9.59 Å². The van der Waals surface area contributed by atoms with E-state index in [-0.39, 0.29) is 11.9 Å². The molecule has 2 heterocycles. The van der Waals surface area contributed by atoms with Crippen molar-refractivity contribution in [2.75, 3.05) is 20.1 Å². The van der Waals surface area contributed by atoms with Crippen LogP contribution in [0.2, 0.25) is 0 Å². The highest BCUT2D eigenvalue weighted by molar-refractivity contribution is 5.94. The van der Waals surface area contributed by atoms with E-state index in [0.29, 0.717) is 25.2 Å². The molecule has 3 rings (SSSR count). The zero-order valence-electron chi connectivity index (χ0n) is 14.4. The molecule has 0 saturated heterocycles. The number of carbonyl (C=O) groups is 2. The van der Waals surface area contributed by atoms with Crippen LogP contribution in [0, 0.1) is 5.92 Å². The number of amides is 3. The number of carbonyl (C=O) groups excluding carboxylic acids is 2. The minimum absolute atomic E-state index is 0.0453. The molecular weight excluding hydrogens is 306 g/mol. The lowest BCUT2D eigenvalue weighted by molar-refractivity contribution is 0.0955. The third-order valence-electron chi connectivity index (χ3n) is 5.20. The summed E-state index contributed by atoms with van der Waals surface area (Å²) in [5.41, 5.74) is 2.19. The highest BCUT2D eigenvalue weighted by atomic mass is 16.2. The summed E-state index contributed by atoms with van der Waals surface area (Å²) in [7, 11) is 1.58. The van der Waals surface area contributed by atoms with Gasteiger partial charge >= 0.3 is 6.03 Å². The average molecular weight is 333 g/mol. The second-order valence-electron chi connectivity index (χ2n) is 6.80. The van der Waals surface area contributed by atoms with Crippen LogP contribution in [0.15, 0.2) is 0 Å². The fourth-order valence-corrected chi connectivity index (χ4v) is 3.77. The number of aromatic amines is 1. The van der Waals surface area contributed by atoms with E-state index >= 15 is 0 Å². The largest absolute Gasteiger partial charge is 0.354 e. The second-order valence-corrected chi connectivity index (χ2v) is 6.80. The summed E-state index contributed by atoms with van der Waals surface area (Å²) in [6.45, 7) is 1.81. The van der Waals surface area contributed by atoms with Gasteiger partial charge in [0.05, 0.1) is 6.54 Å². The van der Waals surface area contributed by atoms with Crippen molar-refractivity contribution in [2.45, 2.75) is 51.5 Å². The molecule has 3 N–H and O–H groups in total. The van der Waals surface area contributed by atoms with E-state index in [0.717, 1.165) is 30.1 Å². The second kappa shape index (κ2) is 7.68. The van der Waals surface area contributed by atoms with E-state index in [1.165, 1.54) is 32.1 Å². The van der Waals surface area contributed by atoms with Crippen molar-refractivity contribution >= 4 is 11.9 Å². The van der Waals surface area contributed by atoms with Gasteiger partial charge in [0.15, 0.2) is 5.69 Å². The topological polar surface area (TPSA) is 90.1 Å². The van der Waals surface area contributed by atoms with Gasteiger partial charge < -0.3 is 15.5 Å². The van der Waals surface area contributed by atoms with Crippen molar-refractivity contribution in [3.8, 4) is 0 Å². The van der Waals surface area contributed by atoms with Crippen LogP contribution in [-0.4, -0.2) is 47.2 Å². The lowest BCUT2D eigenvalue weighted by Gasteiger charge is -2.27. The monoisotopic (exact) mass is 333 g/mol. The molecule has 0 aromatic carbocycles. The quantitative estimate of drug-likeness (QED) is 0.718. The summed E-state index contributed by atoms with van der Waals surface area (Å²) in [5.74, 6) is 0.645. The molecule has 3 amide bonds. The first-order chi connectivity index (χ1) is 11.7. The Morgan fingerprint density at radius 2 is 2.12 bits per heavy atom. The maximum Gasteiger partial charge on any atom is 0.317 e. The Kier molecular flexibility index (Phi) is 5.37. The number of aromatic nitrogens is 2. The Bertz CT molecular complexity index is 592. The predicted molar refractivity (Wildman–Crippen MR) is 90.7 cm³/mol. The van der Waals surface area contributed by atoms with E-state index in [1.807, 2.05) is 0 Å². The zero-order chi connectivity index (χ0) is 16.9. The molecule has 7 heteroatoms. The van der Waals surface area contributed by atoms with Crippen LogP contribution in [0.1, 0.15) is 60.3 Å². The summed E-state index contributed by atoms with van der Waals surface area (Å²) in [6, 6.07) is -0.0453. The molecule has 1 saturated carbocycles. The minimum atomic E-state index is -0.216. The fraction of sp³-hybridized carbons (Fsp3) is 0.706. The van der Waals surface area contributed by atoms with Gasteiger partial charge in [0.2, 0.25) is 0 Å². The third kappa shape index (κ3) is 3.71. The van der Waals surface area contributed by atoms with Gasteiger partial charge in [-0.15, -0.1) is 0 Å². The Morgan fingerprint density at radius 1 is 1.33 bits per heavy atom. The SMILES string of the molecule is CNC(=O)c1n[nH]c2c1CN(C(=O)NCCCC1CCCC1)CC2. The summed E-state index contributed by atoms with van der Waals surface area (Å²) in [4.78, 5) is 26.0. The van der Waals surface area contributed by atoms with E-state index in [9.17, 15) is 9.59 Å². The van der Waals surface area contributed by atoms with Crippen molar-refractivity contribution in [3.05, 3.63) is 17.0 Å². The first-order valence-corrected chi connectivity index (χ1v) is 9.00. The molecular formula is C17H27N5O2. The van der Waals surface area contributed by atoms with Gasteiger partial charge in [-0.05, 0) is 18.8 Å². The van der Waals surface area contributed by atoms with E-state index in [4.69, 9.17) is 0 Å². The van der Waals surface area contributed by atoms with E-state index in [2.05, 4.69) is 20.8 Å². The molecule has 24 heavy (non-hydrogen) atoms. The summed E-state index contributed by atoms with van der Waals surface area (Å²) in [5, 5.41) is 12.6. The van der Waals surface area contributed by atoms with Gasteiger partial charge in [-0.2, -0.15) is 5.10 Å². The number of H-pyrrole nitrogens is 1. The highest BCUT2D eigenvalue weighted by Gasteiger charge is 2.27. The number of nitrogens with one attached hydrogen (secondary N) is 3. The molecule has 1 aliphatic carbocycles. The maximum absolute atomic E-state index is 12.4. The van der Waals surface area contributed by atoms with Crippen LogP contribution in [0.25, 0.3) is 0 Å². The Balaban J connectivity index is 1.48. The van der Waals surface area contributed by atoms with Crippen molar-refractivity contribution in [1.29, 1.82) is 0 Å². The lowest BCUT2D eigenvalue weighted by Crippen LogP contribution is -2.43. The van der Waals surface area contributed by atoms with Gasteiger partial charge in [-0.25, -0.2) is 4.79 Å². The summed E-state index contributed by atoms with van der Waals surface area (Å²) >= 11 is 0. The third-order valence-corrected chi connectivity index (χ3v) is 5.20. The molecule has 1 aliphatic heterocycles. The molecule has 0 unspecified atom stereocenters. The first-order valence-electron chi connectivity index (χ1n) is 9.00. The maximum atomic E-state index is 12.4. The smallest absolute Gasteiger partial charge is 0.317 e. The Hall–Kier alpha value is -2.05. The molecule has 0 radical (unpaired) electrons. The molecule has 1 fully saturated rings. The van der Waals surface area contributed by atoms with Crippen molar-refractivity contribution in [2.24, 2.45) is 5.92 Å². The standard InChI is InChI=1S/C17H27N5O2/c1-18-16(23)15-13-11-22(10-8-14(13)20-21-15)17(24)19-9-4-7-12-5-2-3-6-12/h12H,2-11H2,1H3,(H,18,23)(H,19,24)(H,20,21). The van der Waals surface area contributed by atoms with Gasteiger partial charge in [-0.1, -0.05) is 25.7 Å². The van der Waals surface area contributed by atoms with Crippen LogP contribution in [-0.2, 0) is 13.0 Å². The number of hydrogen-bond donors (Lipinski definition) is 3. The fourth-order valence-electron chi connectivity index (χ4n) is 3.77. The Morgan fingerprint density at radius 3 is 2.88 bits per heavy atom. The van der Waals surface area contributed by atoms with Gasteiger partial charge in [-0.3, -0.25) is 9.89 Å². The van der Waals surface area contributed by atoms with Crippen LogP contribution in [0.3, 0.4) is 0 Å². The average Bonchev–Trinajstić information content (AvgIpc) is 3.26. The van der Waals surface area contributed by atoms with Crippen LogP contribution >= 0.6 is 0 Å². The lowest BCUT2D eigenvalue weighted by atomic mass is 10.0. The van der Waals surface area contributed by atoms with Crippen LogP contribution in [0.4, 0.5) is 4.79 Å². The summed E-state index contributed by atoms with van der Waals surface area (Å²) in [6.07, 6.45) is 8.40. The minimum Gasteiger partial charge on any atom is -0.354 e. The highest BCUT2D eigenvalue weighted by Crippen LogP contribution is 2.28. The molecule has 1 aromatic heterocycles. The van der Waals surface area contributed by atoms with Gasteiger partial charge in [0, 0.05) is 37.8 Å². The zero-order valence-corrected chi connectivity index (χ0v) is 14.4. The molecule has 0 bridgehead atoms. The van der Waals surface area contributed by atoms with Crippen molar-refractivity contribution in [3.63, 3.8) is 0 Å². The summed E-state index contributed by atoms with van der Waals surface area (Å²) < 4.78 is 0. The number of urea groups is 1. The molecule has 2 aliphatic rings. The van der Waals surface area contributed by atoms with Gasteiger partial charge in [0.1, 0.15) is 0 Å². The number of hydrogen-bond acceptors (Lipinski definition) is 3. The molecule has 0 spiro atoms. The number of nitrogens with zero attached hydrogens (tertiary/aromatic N) is 2.